The zero-order chi connectivity index (χ0) is 27.2. The number of nitro benzene ring substituents is 1. The Kier molecular flexibility index (Phi) is 8.07. The third-order valence-electron chi connectivity index (χ3n) is 5.62. The van der Waals surface area contributed by atoms with Gasteiger partial charge in [-0.05, 0) is 59.7 Å². The van der Waals surface area contributed by atoms with E-state index in [9.17, 15) is 24.5 Å². The molecule has 3 amide bonds. The molecule has 0 saturated carbocycles. The number of imide groups is 1. The highest BCUT2D eigenvalue weighted by Crippen LogP contribution is 2.35. The number of nitro groups is 1. The highest BCUT2D eigenvalue weighted by atomic mass is 32.2. The molecule has 0 atom stereocenters. The molecular weight excluding hydrogens is 510 g/mol. The van der Waals surface area contributed by atoms with Crippen LogP contribution in [0.4, 0.5) is 16.2 Å². The molecular formula is C27H23N3O7S. The van der Waals surface area contributed by atoms with Gasteiger partial charge < -0.3 is 14.8 Å². The highest BCUT2D eigenvalue weighted by Gasteiger charge is 2.35. The van der Waals surface area contributed by atoms with Gasteiger partial charge in [-0.3, -0.25) is 29.4 Å². The van der Waals surface area contributed by atoms with Gasteiger partial charge in [0.2, 0.25) is 0 Å². The molecule has 1 saturated heterocycles. The minimum atomic E-state index is -0.516. The minimum Gasteiger partial charge on any atom is -0.493 e. The third kappa shape index (κ3) is 6.19. The second-order valence-electron chi connectivity index (χ2n) is 8.25. The van der Waals surface area contributed by atoms with E-state index >= 15 is 0 Å². The molecule has 0 spiro atoms. The second kappa shape index (κ2) is 11.6. The molecule has 0 unspecified atom stereocenters. The maximum atomic E-state index is 12.9. The number of thioether (sulfide) groups is 1. The number of para-hydroxylation sites is 1. The lowest BCUT2D eigenvalue weighted by molar-refractivity contribution is -0.384. The lowest BCUT2D eigenvalue weighted by Crippen LogP contribution is -2.27. The minimum absolute atomic E-state index is 0.000665. The molecule has 0 aliphatic carbocycles. The van der Waals surface area contributed by atoms with E-state index in [4.69, 9.17) is 9.47 Å². The van der Waals surface area contributed by atoms with Crippen LogP contribution in [-0.2, 0) is 16.1 Å². The Morgan fingerprint density at radius 1 is 1.08 bits per heavy atom. The first-order valence-corrected chi connectivity index (χ1v) is 12.2. The Labute approximate surface area is 222 Å². The number of methoxy groups -OCH3 is 1. The first-order valence-electron chi connectivity index (χ1n) is 11.4. The van der Waals surface area contributed by atoms with Crippen molar-refractivity contribution in [2.45, 2.75) is 13.5 Å². The van der Waals surface area contributed by atoms with Crippen molar-refractivity contribution in [2.24, 2.45) is 0 Å². The quantitative estimate of drug-likeness (QED) is 0.227. The second-order valence-corrected chi connectivity index (χ2v) is 9.25. The Morgan fingerprint density at radius 3 is 2.50 bits per heavy atom. The van der Waals surface area contributed by atoms with Gasteiger partial charge in [0.05, 0.1) is 23.5 Å². The predicted molar refractivity (Wildman–Crippen MR) is 143 cm³/mol. The smallest absolute Gasteiger partial charge is 0.293 e. The molecule has 1 aliphatic rings. The monoisotopic (exact) mass is 533 g/mol. The predicted octanol–water partition coefficient (Wildman–Crippen LogP) is 5.17. The van der Waals surface area contributed by atoms with E-state index in [1.54, 1.807) is 30.3 Å². The van der Waals surface area contributed by atoms with Gasteiger partial charge >= 0.3 is 0 Å². The summed E-state index contributed by atoms with van der Waals surface area (Å²) in [4.78, 5) is 49.3. The molecule has 1 aliphatic heterocycles. The van der Waals surface area contributed by atoms with Crippen LogP contribution < -0.4 is 14.8 Å². The van der Waals surface area contributed by atoms with Crippen LogP contribution >= 0.6 is 11.8 Å². The van der Waals surface area contributed by atoms with Gasteiger partial charge in [0.25, 0.3) is 22.7 Å². The zero-order valence-corrected chi connectivity index (χ0v) is 21.3. The van der Waals surface area contributed by atoms with E-state index in [0.29, 0.717) is 28.3 Å². The van der Waals surface area contributed by atoms with Gasteiger partial charge in [0, 0.05) is 17.8 Å². The van der Waals surface area contributed by atoms with Crippen LogP contribution in [0.25, 0.3) is 6.08 Å². The molecule has 4 rings (SSSR count). The molecule has 1 fully saturated rings. The van der Waals surface area contributed by atoms with Crippen LogP contribution in [0.3, 0.4) is 0 Å². The summed E-state index contributed by atoms with van der Waals surface area (Å²) in [5.74, 6) is -0.0962. The van der Waals surface area contributed by atoms with Crippen molar-refractivity contribution in [1.82, 2.24) is 4.90 Å². The maximum absolute atomic E-state index is 12.9. The van der Waals surface area contributed by atoms with E-state index in [2.05, 4.69) is 5.32 Å². The number of nitrogens with zero attached hydrogens (tertiary/aromatic N) is 2. The summed E-state index contributed by atoms with van der Waals surface area (Å²) in [6.45, 7) is 1.66. The van der Waals surface area contributed by atoms with Crippen LogP contribution in [0, 0.1) is 17.0 Å². The average Bonchev–Trinajstić information content (AvgIpc) is 3.16. The number of hydrogen-bond donors (Lipinski definition) is 1. The summed E-state index contributed by atoms with van der Waals surface area (Å²) in [5.41, 5.74) is 2.75. The normalized spacial score (nSPS) is 14.1. The summed E-state index contributed by atoms with van der Waals surface area (Å²) >= 11 is 0.803. The lowest BCUT2D eigenvalue weighted by Gasteiger charge is -2.13. The fourth-order valence-electron chi connectivity index (χ4n) is 3.63. The SMILES string of the molecule is COc1cc(C=C2SC(=O)N(Cc3ccc([N+](=O)[O-])cc3)C2=O)ccc1OCC(=O)Nc1ccccc1C. The van der Waals surface area contributed by atoms with Crippen LogP contribution in [0.1, 0.15) is 16.7 Å². The van der Waals surface area contributed by atoms with Crippen molar-refractivity contribution in [3.8, 4) is 11.5 Å². The topological polar surface area (TPSA) is 128 Å². The number of carbonyl (C=O) groups excluding carboxylic acids is 3. The lowest BCUT2D eigenvalue weighted by atomic mass is 10.1. The molecule has 11 heteroatoms. The molecule has 38 heavy (non-hydrogen) atoms. The van der Waals surface area contributed by atoms with Gasteiger partial charge in [-0.15, -0.1) is 0 Å². The van der Waals surface area contributed by atoms with E-state index in [1.165, 1.54) is 31.4 Å². The largest absolute Gasteiger partial charge is 0.493 e. The van der Waals surface area contributed by atoms with Crippen LogP contribution in [-0.4, -0.2) is 40.6 Å². The van der Waals surface area contributed by atoms with E-state index < -0.39 is 16.1 Å². The molecule has 0 radical (unpaired) electrons. The van der Waals surface area contributed by atoms with E-state index in [0.717, 1.165) is 22.2 Å². The van der Waals surface area contributed by atoms with Gasteiger partial charge in [-0.25, -0.2) is 0 Å². The molecule has 0 bridgehead atoms. The fourth-order valence-corrected chi connectivity index (χ4v) is 4.47. The first kappa shape index (κ1) is 26.4. The van der Waals surface area contributed by atoms with Crippen molar-refractivity contribution < 1.29 is 28.8 Å². The van der Waals surface area contributed by atoms with Crippen molar-refractivity contribution >= 4 is 46.3 Å². The summed E-state index contributed by atoms with van der Waals surface area (Å²) in [7, 11) is 1.46. The molecule has 3 aromatic carbocycles. The zero-order valence-electron chi connectivity index (χ0n) is 20.5. The highest BCUT2D eigenvalue weighted by molar-refractivity contribution is 8.18. The average molecular weight is 534 g/mol. The fraction of sp³-hybridized carbons (Fsp3) is 0.148. The molecule has 1 heterocycles. The number of aryl methyl sites for hydroxylation is 1. The maximum Gasteiger partial charge on any atom is 0.293 e. The molecule has 1 N–H and O–H groups in total. The summed E-state index contributed by atoms with van der Waals surface area (Å²) in [6.07, 6.45) is 1.57. The number of nitrogens with one attached hydrogen (secondary N) is 1. The summed E-state index contributed by atoms with van der Waals surface area (Å²) in [5, 5.41) is 13.2. The van der Waals surface area contributed by atoms with Crippen molar-refractivity contribution in [3.05, 3.63) is 98.4 Å². The van der Waals surface area contributed by atoms with Gasteiger partial charge in [0.15, 0.2) is 18.1 Å². The van der Waals surface area contributed by atoms with E-state index in [1.807, 2.05) is 25.1 Å². The van der Waals surface area contributed by atoms with Gasteiger partial charge in [0.1, 0.15) is 0 Å². The molecule has 3 aromatic rings. The molecule has 194 valence electrons. The summed E-state index contributed by atoms with van der Waals surface area (Å²) < 4.78 is 11.0. The number of ether oxygens (including phenoxy) is 2. The number of anilines is 1. The van der Waals surface area contributed by atoms with Crippen LogP contribution in [0.15, 0.2) is 71.6 Å². The van der Waals surface area contributed by atoms with Crippen molar-refractivity contribution in [1.29, 1.82) is 0 Å². The Hall–Kier alpha value is -4.64. The number of amides is 3. The third-order valence-corrected chi connectivity index (χ3v) is 6.53. The van der Waals surface area contributed by atoms with Gasteiger partial charge in [-0.1, -0.05) is 36.4 Å². The van der Waals surface area contributed by atoms with Crippen LogP contribution in [0.5, 0.6) is 11.5 Å². The Morgan fingerprint density at radius 2 is 1.82 bits per heavy atom. The Bertz CT molecular complexity index is 1440. The van der Waals surface area contributed by atoms with Crippen molar-refractivity contribution in [3.63, 3.8) is 0 Å². The van der Waals surface area contributed by atoms with Gasteiger partial charge in [-0.2, -0.15) is 0 Å². The first-order chi connectivity index (χ1) is 18.2. The standard InChI is InChI=1S/C27H23N3O7S/c1-17-5-3-4-6-21(17)28-25(31)16-37-22-12-9-19(13-23(22)36-2)14-24-26(32)29(27(33)38-24)15-18-7-10-20(11-8-18)30(34)35/h3-14H,15-16H2,1-2H3,(H,28,31). The number of hydrogen-bond acceptors (Lipinski definition) is 8. The van der Waals surface area contributed by atoms with Crippen LogP contribution in [0.2, 0.25) is 0 Å². The molecule has 0 aromatic heterocycles. The number of non-ortho nitro benzene ring substituents is 1. The van der Waals surface area contributed by atoms with E-state index in [-0.39, 0.29) is 29.7 Å². The van der Waals surface area contributed by atoms with Crippen molar-refractivity contribution in [2.75, 3.05) is 19.0 Å². The number of benzene rings is 3. The number of carbonyl (C=O) groups is 3. The summed E-state index contributed by atoms with van der Waals surface area (Å²) in [6, 6.07) is 18.0. The Balaban J connectivity index is 1.41. The molecule has 10 nitrogen and oxygen atoms in total. The number of rotatable bonds is 9.